The summed E-state index contributed by atoms with van der Waals surface area (Å²) in [7, 11) is 0. The molecule has 0 spiro atoms. The largest absolute Gasteiger partial charge is 0.508 e. The number of furan rings is 1. The number of fused-ring (bicyclic) bond motifs is 1. The maximum atomic E-state index is 12.8. The van der Waals surface area contributed by atoms with E-state index in [-0.39, 0.29) is 30.2 Å². The lowest BCUT2D eigenvalue weighted by Gasteiger charge is -2.33. The van der Waals surface area contributed by atoms with Crippen LogP contribution in [0.3, 0.4) is 0 Å². The zero-order chi connectivity index (χ0) is 19.7. The average Bonchev–Trinajstić information content (AvgIpc) is 3.36. The molecule has 4 rings (SSSR count). The quantitative estimate of drug-likeness (QED) is 0.723. The Balaban J connectivity index is 1.49. The number of benzene rings is 1. The van der Waals surface area contributed by atoms with Crippen LogP contribution in [0.4, 0.5) is 0 Å². The first-order valence-corrected chi connectivity index (χ1v) is 9.00. The van der Waals surface area contributed by atoms with Gasteiger partial charge in [-0.05, 0) is 37.3 Å². The number of nitrogens with one attached hydrogen (secondary N) is 1. The van der Waals surface area contributed by atoms with Crippen molar-refractivity contribution in [2.45, 2.75) is 26.1 Å². The number of imidazole rings is 1. The molecule has 0 fully saturated rings. The monoisotopic (exact) mass is 380 g/mol. The van der Waals surface area contributed by atoms with Gasteiger partial charge in [0, 0.05) is 24.8 Å². The Morgan fingerprint density at radius 1 is 1.29 bits per heavy atom. The van der Waals surface area contributed by atoms with Gasteiger partial charge in [-0.25, -0.2) is 4.98 Å². The van der Waals surface area contributed by atoms with Crippen LogP contribution in [0.1, 0.15) is 45.4 Å². The Kier molecular flexibility index (Phi) is 4.60. The number of carbonyl (C=O) groups excluding carboxylic acids is 2. The van der Waals surface area contributed by atoms with Crippen LogP contribution in [0.25, 0.3) is 0 Å². The van der Waals surface area contributed by atoms with E-state index in [0.29, 0.717) is 35.9 Å². The molecule has 0 unspecified atom stereocenters. The molecule has 0 saturated carbocycles. The Morgan fingerprint density at radius 2 is 2.14 bits per heavy atom. The smallest absolute Gasteiger partial charge is 0.271 e. The third kappa shape index (κ3) is 3.36. The number of aromatic nitrogens is 2. The van der Waals surface area contributed by atoms with Crippen LogP contribution in [0.2, 0.25) is 0 Å². The number of hydrogen-bond acceptors (Lipinski definition) is 5. The Morgan fingerprint density at radius 3 is 2.89 bits per heavy atom. The summed E-state index contributed by atoms with van der Waals surface area (Å²) in [4.78, 5) is 31.4. The van der Waals surface area contributed by atoms with Gasteiger partial charge in [-0.2, -0.15) is 0 Å². The number of nitrogens with zero attached hydrogens (tertiary/aromatic N) is 3. The molecule has 8 heteroatoms. The third-order valence-electron chi connectivity index (χ3n) is 4.82. The van der Waals surface area contributed by atoms with Gasteiger partial charge in [0.05, 0.1) is 18.8 Å². The lowest BCUT2D eigenvalue weighted by atomic mass is 10.1. The Labute approximate surface area is 161 Å². The van der Waals surface area contributed by atoms with Crippen LogP contribution in [-0.4, -0.2) is 37.9 Å². The number of carbonyl (C=O) groups is 2. The predicted octanol–water partition coefficient (Wildman–Crippen LogP) is 2.33. The fourth-order valence-corrected chi connectivity index (χ4v) is 3.35. The maximum Gasteiger partial charge on any atom is 0.271 e. The van der Waals surface area contributed by atoms with Gasteiger partial charge in [-0.1, -0.05) is 6.07 Å². The molecule has 0 radical (unpaired) electrons. The molecule has 0 saturated heterocycles. The van der Waals surface area contributed by atoms with Gasteiger partial charge in [-0.3, -0.25) is 9.59 Å². The van der Waals surface area contributed by atoms with E-state index in [1.54, 1.807) is 41.6 Å². The second kappa shape index (κ2) is 7.22. The number of hydrogen-bond donors (Lipinski definition) is 2. The van der Waals surface area contributed by atoms with Crippen molar-refractivity contribution in [2.24, 2.45) is 0 Å². The number of aromatic hydroxyl groups is 1. The topological polar surface area (TPSA) is 101 Å². The molecule has 0 bridgehead atoms. The van der Waals surface area contributed by atoms with E-state index in [1.165, 1.54) is 12.1 Å². The molecule has 1 aliphatic rings. The van der Waals surface area contributed by atoms with Crippen LogP contribution < -0.4 is 5.32 Å². The molecule has 2 aromatic heterocycles. The maximum absolute atomic E-state index is 12.8. The molecular weight excluding hydrogens is 360 g/mol. The highest BCUT2D eigenvalue weighted by molar-refractivity contribution is 5.95. The highest BCUT2D eigenvalue weighted by atomic mass is 16.3. The van der Waals surface area contributed by atoms with E-state index < -0.39 is 0 Å². The van der Waals surface area contributed by atoms with Crippen LogP contribution in [0, 0.1) is 0 Å². The predicted molar refractivity (Wildman–Crippen MR) is 99.7 cm³/mol. The molecule has 2 amide bonds. The summed E-state index contributed by atoms with van der Waals surface area (Å²) in [6, 6.07) is 9.53. The first kappa shape index (κ1) is 17.8. The molecule has 2 N–H and O–H groups in total. The summed E-state index contributed by atoms with van der Waals surface area (Å²) in [6.07, 6.45) is 3.26. The van der Waals surface area contributed by atoms with Crippen molar-refractivity contribution >= 4 is 11.8 Å². The van der Waals surface area contributed by atoms with Gasteiger partial charge in [0.25, 0.3) is 11.8 Å². The molecule has 1 aromatic carbocycles. The second-order valence-electron chi connectivity index (χ2n) is 6.66. The van der Waals surface area contributed by atoms with Crippen LogP contribution in [0.5, 0.6) is 5.75 Å². The fraction of sp³-hybridized carbons (Fsp3) is 0.250. The van der Waals surface area contributed by atoms with E-state index in [4.69, 9.17) is 4.42 Å². The third-order valence-corrected chi connectivity index (χ3v) is 4.82. The summed E-state index contributed by atoms with van der Waals surface area (Å²) in [6.45, 7) is 3.20. The highest BCUT2D eigenvalue weighted by Crippen LogP contribution is 2.27. The Hall–Kier alpha value is -3.55. The van der Waals surface area contributed by atoms with E-state index in [9.17, 15) is 14.7 Å². The molecule has 0 aliphatic carbocycles. The minimum Gasteiger partial charge on any atom is -0.508 e. The molecule has 1 atom stereocenters. The summed E-state index contributed by atoms with van der Waals surface area (Å²) in [5.74, 6) is 0.891. The van der Waals surface area contributed by atoms with Crippen molar-refractivity contribution < 1.29 is 19.1 Å². The van der Waals surface area contributed by atoms with Gasteiger partial charge in [0.15, 0.2) is 0 Å². The lowest BCUT2D eigenvalue weighted by molar-refractivity contribution is 0.0637. The average molecular weight is 380 g/mol. The fourth-order valence-electron chi connectivity index (χ4n) is 3.35. The van der Waals surface area contributed by atoms with Crippen LogP contribution in [-0.2, 0) is 13.1 Å². The molecule has 144 valence electrons. The van der Waals surface area contributed by atoms with E-state index in [0.717, 1.165) is 0 Å². The van der Waals surface area contributed by atoms with Crippen molar-refractivity contribution in [2.75, 3.05) is 6.54 Å². The van der Waals surface area contributed by atoms with Crippen molar-refractivity contribution in [3.63, 3.8) is 0 Å². The second-order valence-corrected chi connectivity index (χ2v) is 6.66. The molecule has 3 aromatic rings. The van der Waals surface area contributed by atoms with Crippen LogP contribution >= 0.6 is 0 Å². The summed E-state index contributed by atoms with van der Waals surface area (Å²) in [5.41, 5.74) is 0.725. The van der Waals surface area contributed by atoms with Gasteiger partial charge >= 0.3 is 0 Å². The Bertz CT molecular complexity index is 1010. The minimum absolute atomic E-state index is 0.0486. The van der Waals surface area contributed by atoms with Crippen molar-refractivity contribution in [3.8, 4) is 5.75 Å². The molecule has 3 heterocycles. The highest BCUT2D eigenvalue weighted by Gasteiger charge is 2.31. The SMILES string of the molecule is C[C@@H]1c2nc(C(=O)NCc3ccco3)cn2CCN1C(=O)c1cccc(O)c1. The number of phenolic OH excluding ortho intramolecular Hbond substituents is 1. The van der Waals surface area contributed by atoms with Crippen LogP contribution in [0.15, 0.2) is 53.3 Å². The zero-order valence-corrected chi connectivity index (χ0v) is 15.3. The van der Waals surface area contributed by atoms with E-state index in [1.807, 2.05) is 11.5 Å². The summed E-state index contributed by atoms with van der Waals surface area (Å²) >= 11 is 0. The first-order chi connectivity index (χ1) is 13.5. The molecule has 8 nitrogen and oxygen atoms in total. The number of rotatable bonds is 4. The summed E-state index contributed by atoms with van der Waals surface area (Å²) < 4.78 is 7.11. The van der Waals surface area contributed by atoms with Gasteiger partial charge < -0.3 is 24.3 Å². The van der Waals surface area contributed by atoms with Gasteiger partial charge in [0.1, 0.15) is 23.0 Å². The van der Waals surface area contributed by atoms with Gasteiger partial charge in [-0.15, -0.1) is 0 Å². The number of phenols is 1. The van der Waals surface area contributed by atoms with E-state index in [2.05, 4.69) is 10.3 Å². The standard InChI is InChI=1S/C20H20N4O4/c1-13-18-22-17(19(26)21-11-16-6-3-9-28-16)12-23(18)7-8-24(13)20(27)14-4-2-5-15(25)10-14/h2-6,9-10,12-13,25H,7-8,11H2,1H3,(H,21,26)/t13-/m1/s1. The number of amides is 2. The van der Waals surface area contributed by atoms with Gasteiger partial charge in [0.2, 0.25) is 0 Å². The van der Waals surface area contributed by atoms with Crippen molar-refractivity contribution in [3.05, 3.63) is 71.7 Å². The summed E-state index contributed by atoms with van der Waals surface area (Å²) in [5, 5.41) is 12.4. The van der Waals surface area contributed by atoms with Crippen molar-refractivity contribution in [1.29, 1.82) is 0 Å². The zero-order valence-electron chi connectivity index (χ0n) is 15.3. The van der Waals surface area contributed by atoms with E-state index >= 15 is 0 Å². The molecule has 28 heavy (non-hydrogen) atoms. The normalized spacial score (nSPS) is 15.9. The lowest BCUT2D eigenvalue weighted by Crippen LogP contribution is -2.41. The first-order valence-electron chi connectivity index (χ1n) is 9.00. The van der Waals surface area contributed by atoms with Crippen molar-refractivity contribution in [1.82, 2.24) is 19.8 Å². The molecular formula is C20H20N4O4. The minimum atomic E-state index is -0.296. The molecule has 1 aliphatic heterocycles.